The van der Waals surface area contributed by atoms with E-state index in [0.29, 0.717) is 12.2 Å². The number of aromatic hydroxyl groups is 1. The van der Waals surface area contributed by atoms with Crippen molar-refractivity contribution < 1.29 is 14.9 Å². The van der Waals surface area contributed by atoms with Crippen LogP contribution in [0.15, 0.2) is 18.2 Å². The standard InChI is InChI=1S/C10H15NO3.ClH/c1-14-10-3-2-7(6-9(10)13)8(11)4-5-12;/h2-3,6,8,12-13H,4-5,11H2,1H3;1H/t8-;/m0./s1. The molecule has 1 atom stereocenters. The quantitative estimate of drug-likeness (QED) is 0.731. The fourth-order valence-corrected chi connectivity index (χ4v) is 1.24. The zero-order valence-corrected chi connectivity index (χ0v) is 9.33. The van der Waals surface area contributed by atoms with Crippen LogP contribution in [0.1, 0.15) is 18.0 Å². The Balaban J connectivity index is 0.00000196. The van der Waals surface area contributed by atoms with Crippen molar-refractivity contribution >= 4 is 12.4 Å². The largest absolute Gasteiger partial charge is 0.504 e. The van der Waals surface area contributed by atoms with Crippen molar-refractivity contribution in [3.05, 3.63) is 23.8 Å². The van der Waals surface area contributed by atoms with Crippen LogP contribution in [0.5, 0.6) is 11.5 Å². The third-order valence-corrected chi connectivity index (χ3v) is 2.07. The van der Waals surface area contributed by atoms with E-state index in [1.807, 2.05) is 0 Å². The first kappa shape index (κ1) is 14.0. The summed E-state index contributed by atoms with van der Waals surface area (Å²) in [6.45, 7) is 0.0357. The Morgan fingerprint density at radius 2 is 2.13 bits per heavy atom. The zero-order valence-electron chi connectivity index (χ0n) is 8.51. The molecule has 4 nitrogen and oxygen atoms in total. The lowest BCUT2D eigenvalue weighted by Crippen LogP contribution is -2.11. The van der Waals surface area contributed by atoms with Crippen LogP contribution < -0.4 is 10.5 Å². The molecule has 0 radical (unpaired) electrons. The number of aliphatic hydroxyl groups excluding tert-OH is 1. The lowest BCUT2D eigenvalue weighted by atomic mass is 10.0. The number of rotatable bonds is 4. The van der Waals surface area contributed by atoms with Crippen LogP contribution in [-0.4, -0.2) is 23.9 Å². The summed E-state index contributed by atoms with van der Waals surface area (Å²) in [6.07, 6.45) is 0.478. The van der Waals surface area contributed by atoms with Gasteiger partial charge < -0.3 is 20.7 Å². The van der Waals surface area contributed by atoms with Crippen molar-refractivity contribution in [2.24, 2.45) is 5.73 Å². The summed E-state index contributed by atoms with van der Waals surface area (Å²) in [5.74, 6) is 0.489. The van der Waals surface area contributed by atoms with E-state index >= 15 is 0 Å². The molecule has 0 amide bonds. The number of aliphatic hydroxyl groups is 1. The van der Waals surface area contributed by atoms with Crippen LogP contribution in [-0.2, 0) is 0 Å². The predicted molar refractivity (Wildman–Crippen MR) is 60.5 cm³/mol. The molecule has 0 heterocycles. The Morgan fingerprint density at radius 3 is 2.60 bits per heavy atom. The van der Waals surface area contributed by atoms with E-state index in [2.05, 4.69) is 0 Å². The number of phenols is 1. The number of methoxy groups -OCH3 is 1. The van der Waals surface area contributed by atoms with Gasteiger partial charge in [-0.25, -0.2) is 0 Å². The average molecular weight is 234 g/mol. The van der Waals surface area contributed by atoms with Crippen molar-refractivity contribution in [1.82, 2.24) is 0 Å². The van der Waals surface area contributed by atoms with Gasteiger partial charge in [-0.1, -0.05) is 6.07 Å². The highest BCUT2D eigenvalue weighted by atomic mass is 35.5. The molecule has 0 aromatic heterocycles. The first-order chi connectivity index (χ1) is 6.69. The van der Waals surface area contributed by atoms with Gasteiger partial charge in [-0.15, -0.1) is 12.4 Å². The van der Waals surface area contributed by atoms with E-state index in [4.69, 9.17) is 15.6 Å². The van der Waals surface area contributed by atoms with E-state index in [0.717, 1.165) is 5.56 Å². The zero-order chi connectivity index (χ0) is 10.6. The molecule has 0 aliphatic carbocycles. The van der Waals surface area contributed by atoms with Crippen molar-refractivity contribution in [3.63, 3.8) is 0 Å². The van der Waals surface area contributed by atoms with Gasteiger partial charge in [0.2, 0.25) is 0 Å². The Bertz CT molecular complexity index is 307. The molecule has 0 unspecified atom stereocenters. The lowest BCUT2D eigenvalue weighted by Gasteiger charge is -2.11. The predicted octanol–water partition coefficient (Wildman–Crippen LogP) is 1.20. The fourth-order valence-electron chi connectivity index (χ4n) is 1.24. The number of hydrogen-bond donors (Lipinski definition) is 3. The van der Waals surface area contributed by atoms with Gasteiger partial charge in [0.1, 0.15) is 0 Å². The van der Waals surface area contributed by atoms with Crippen LogP contribution in [0.4, 0.5) is 0 Å². The molecule has 4 N–H and O–H groups in total. The molecule has 1 aromatic carbocycles. The van der Waals surface area contributed by atoms with Crippen molar-refractivity contribution in [3.8, 4) is 11.5 Å². The van der Waals surface area contributed by atoms with Gasteiger partial charge in [0.15, 0.2) is 11.5 Å². The third-order valence-electron chi connectivity index (χ3n) is 2.07. The molecule has 0 saturated heterocycles. The fraction of sp³-hybridized carbons (Fsp3) is 0.400. The van der Waals surface area contributed by atoms with Gasteiger partial charge in [-0.05, 0) is 24.1 Å². The summed E-state index contributed by atoms with van der Waals surface area (Å²) in [7, 11) is 1.49. The molecule has 0 aliphatic rings. The Hall–Kier alpha value is -0.970. The molecule has 86 valence electrons. The Morgan fingerprint density at radius 1 is 1.47 bits per heavy atom. The first-order valence-electron chi connectivity index (χ1n) is 4.42. The molecule has 5 heteroatoms. The maximum Gasteiger partial charge on any atom is 0.160 e. The minimum atomic E-state index is -0.253. The number of ether oxygens (including phenoxy) is 1. The van der Waals surface area contributed by atoms with Crippen LogP contribution >= 0.6 is 12.4 Å². The minimum absolute atomic E-state index is 0. The summed E-state index contributed by atoms with van der Waals surface area (Å²) in [4.78, 5) is 0. The second-order valence-electron chi connectivity index (χ2n) is 3.05. The first-order valence-corrected chi connectivity index (χ1v) is 4.42. The summed E-state index contributed by atoms with van der Waals surface area (Å²) < 4.78 is 4.90. The van der Waals surface area contributed by atoms with E-state index in [1.165, 1.54) is 7.11 Å². The van der Waals surface area contributed by atoms with Crippen LogP contribution in [0, 0.1) is 0 Å². The molecule has 0 spiro atoms. The van der Waals surface area contributed by atoms with Gasteiger partial charge in [0.05, 0.1) is 7.11 Å². The Labute approximate surface area is 95.1 Å². The smallest absolute Gasteiger partial charge is 0.160 e. The summed E-state index contributed by atoms with van der Waals surface area (Å²) in [6, 6.07) is 4.73. The van der Waals surface area contributed by atoms with E-state index in [-0.39, 0.29) is 30.8 Å². The number of benzene rings is 1. The van der Waals surface area contributed by atoms with Crippen molar-refractivity contribution in [1.29, 1.82) is 0 Å². The maximum absolute atomic E-state index is 9.47. The summed E-state index contributed by atoms with van der Waals surface area (Å²) >= 11 is 0. The normalized spacial score (nSPS) is 11.7. The molecule has 15 heavy (non-hydrogen) atoms. The van der Waals surface area contributed by atoms with Crippen molar-refractivity contribution in [2.75, 3.05) is 13.7 Å². The molecule has 1 rings (SSSR count). The Kier molecular flexibility index (Phi) is 6.08. The minimum Gasteiger partial charge on any atom is -0.504 e. The average Bonchev–Trinajstić information content (AvgIpc) is 2.18. The molecular formula is C10H16ClNO3. The SMILES string of the molecule is COc1ccc([C@@H](N)CCO)cc1O.Cl. The highest BCUT2D eigenvalue weighted by molar-refractivity contribution is 5.85. The monoisotopic (exact) mass is 233 g/mol. The molecule has 0 saturated carbocycles. The van der Waals surface area contributed by atoms with Gasteiger partial charge >= 0.3 is 0 Å². The van der Waals surface area contributed by atoms with E-state index in [1.54, 1.807) is 18.2 Å². The number of halogens is 1. The van der Waals surface area contributed by atoms with Gasteiger partial charge in [0, 0.05) is 12.6 Å². The maximum atomic E-state index is 9.47. The summed E-state index contributed by atoms with van der Waals surface area (Å²) in [5.41, 5.74) is 6.54. The lowest BCUT2D eigenvalue weighted by molar-refractivity contribution is 0.276. The molecule has 0 bridgehead atoms. The van der Waals surface area contributed by atoms with Crippen molar-refractivity contribution in [2.45, 2.75) is 12.5 Å². The van der Waals surface area contributed by atoms with Crippen LogP contribution in [0.3, 0.4) is 0 Å². The molecule has 1 aromatic rings. The highest BCUT2D eigenvalue weighted by Gasteiger charge is 2.08. The number of phenolic OH excluding ortho intramolecular Hbond substituents is 1. The molecule has 0 fully saturated rings. The second kappa shape index (κ2) is 6.50. The van der Waals surface area contributed by atoms with E-state index < -0.39 is 0 Å². The van der Waals surface area contributed by atoms with Gasteiger partial charge in [-0.2, -0.15) is 0 Å². The van der Waals surface area contributed by atoms with Gasteiger partial charge in [0.25, 0.3) is 0 Å². The molecular weight excluding hydrogens is 218 g/mol. The van der Waals surface area contributed by atoms with Gasteiger partial charge in [-0.3, -0.25) is 0 Å². The number of hydrogen-bond acceptors (Lipinski definition) is 4. The third kappa shape index (κ3) is 3.58. The second-order valence-corrected chi connectivity index (χ2v) is 3.05. The van der Waals surface area contributed by atoms with Crippen LogP contribution in [0.2, 0.25) is 0 Å². The number of nitrogens with two attached hydrogens (primary N) is 1. The van der Waals surface area contributed by atoms with E-state index in [9.17, 15) is 5.11 Å². The summed E-state index contributed by atoms with van der Waals surface area (Å²) in [5, 5.41) is 18.2. The topological polar surface area (TPSA) is 75.7 Å². The highest BCUT2D eigenvalue weighted by Crippen LogP contribution is 2.28. The molecule has 0 aliphatic heterocycles. The van der Waals surface area contributed by atoms with Crippen LogP contribution in [0.25, 0.3) is 0 Å².